The summed E-state index contributed by atoms with van der Waals surface area (Å²) in [6, 6.07) is 10.6. The Bertz CT molecular complexity index is 817. The van der Waals surface area contributed by atoms with Crippen LogP contribution in [0.4, 0.5) is 4.39 Å². The number of rotatable bonds is 3. The molecule has 3 aromatic rings. The van der Waals surface area contributed by atoms with Crippen molar-refractivity contribution in [1.29, 1.82) is 0 Å². The third-order valence-electron chi connectivity index (χ3n) is 3.15. The summed E-state index contributed by atoms with van der Waals surface area (Å²) in [7, 11) is 0. The van der Waals surface area contributed by atoms with Crippen molar-refractivity contribution < 1.29 is 4.39 Å². The Hall–Kier alpha value is -1.10. The van der Waals surface area contributed by atoms with Crippen LogP contribution in [0.1, 0.15) is 5.82 Å². The monoisotopic (exact) mass is 386 g/mol. The normalized spacial score (nSPS) is 11.2. The van der Waals surface area contributed by atoms with Gasteiger partial charge < -0.3 is 0 Å². The van der Waals surface area contributed by atoms with Gasteiger partial charge in [-0.1, -0.05) is 17.7 Å². The Morgan fingerprint density at radius 2 is 2.05 bits per heavy atom. The van der Waals surface area contributed by atoms with E-state index < -0.39 is 0 Å². The third kappa shape index (κ3) is 2.80. The number of halogens is 4. The fraction of sp³-hybridized carbons (Fsp3) is 0.133. The van der Waals surface area contributed by atoms with Crippen molar-refractivity contribution in [2.24, 2.45) is 0 Å². The zero-order valence-electron chi connectivity index (χ0n) is 10.8. The van der Waals surface area contributed by atoms with Gasteiger partial charge in [-0.15, -0.1) is 11.6 Å². The van der Waals surface area contributed by atoms with Gasteiger partial charge >= 0.3 is 0 Å². The van der Waals surface area contributed by atoms with E-state index in [9.17, 15) is 4.39 Å². The molecule has 0 aliphatic carbocycles. The predicted molar refractivity (Wildman–Crippen MR) is 88.2 cm³/mol. The zero-order chi connectivity index (χ0) is 15.0. The second kappa shape index (κ2) is 5.95. The Labute approximate surface area is 139 Å². The van der Waals surface area contributed by atoms with E-state index in [1.807, 2.05) is 22.8 Å². The molecule has 108 valence electrons. The molecule has 1 heterocycles. The highest BCUT2D eigenvalue weighted by Crippen LogP contribution is 2.28. The van der Waals surface area contributed by atoms with Crippen molar-refractivity contribution in [3.05, 3.63) is 57.5 Å². The van der Waals surface area contributed by atoms with Crippen LogP contribution in [0.3, 0.4) is 0 Å². The van der Waals surface area contributed by atoms with Crippen molar-refractivity contribution in [1.82, 2.24) is 9.55 Å². The number of aromatic nitrogens is 2. The average Bonchev–Trinajstić information content (AvgIpc) is 2.77. The van der Waals surface area contributed by atoms with Gasteiger partial charge in [0, 0.05) is 29.1 Å². The molecule has 0 unspecified atom stereocenters. The summed E-state index contributed by atoms with van der Waals surface area (Å²) < 4.78 is 16.0. The van der Waals surface area contributed by atoms with Crippen molar-refractivity contribution >= 4 is 50.2 Å². The van der Waals surface area contributed by atoms with E-state index in [0.717, 1.165) is 17.0 Å². The summed E-state index contributed by atoms with van der Waals surface area (Å²) in [5.74, 6) is 0.878. The highest BCUT2D eigenvalue weighted by molar-refractivity contribution is 9.10. The molecule has 0 aliphatic rings. The number of fused-ring (bicyclic) bond motifs is 1. The summed E-state index contributed by atoms with van der Waals surface area (Å²) >= 11 is 15.1. The topological polar surface area (TPSA) is 17.8 Å². The maximum atomic E-state index is 13.7. The summed E-state index contributed by atoms with van der Waals surface area (Å²) in [6.07, 6.45) is 0.585. The number of hydrogen-bond donors (Lipinski definition) is 0. The Morgan fingerprint density at radius 1 is 1.24 bits per heavy atom. The van der Waals surface area contributed by atoms with Gasteiger partial charge in [0.1, 0.15) is 11.6 Å². The van der Waals surface area contributed by atoms with E-state index in [4.69, 9.17) is 23.2 Å². The second-order valence-electron chi connectivity index (χ2n) is 4.54. The van der Waals surface area contributed by atoms with Crippen LogP contribution < -0.4 is 0 Å². The number of alkyl halides is 1. The van der Waals surface area contributed by atoms with Crippen LogP contribution in [0.15, 0.2) is 40.9 Å². The van der Waals surface area contributed by atoms with Crippen LogP contribution in [-0.4, -0.2) is 15.4 Å². The van der Waals surface area contributed by atoms with Crippen LogP contribution in [0.5, 0.6) is 0 Å². The van der Waals surface area contributed by atoms with Gasteiger partial charge in [0.2, 0.25) is 0 Å². The molecule has 0 atom stereocenters. The standard InChI is InChI=1S/C15H10BrCl2FN2/c16-11-7-14-13(8-12(11)19)20-15(4-5-17)21(14)10-3-1-2-9(18)6-10/h1-3,6-8H,4-5H2. The zero-order valence-corrected chi connectivity index (χ0v) is 13.9. The van der Waals surface area contributed by atoms with E-state index in [-0.39, 0.29) is 5.82 Å². The molecular formula is C15H10BrCl2FN2. The minimum atomic E-state index is -0.337. The molecule has 0 amide bonds. The second-order valence-corrected chi connectivity index (χ2v) is 6.21. The lowest BCUT2D eigenvalue weighted by Gasteiger charge is -2.09. The summed E-state index contributed by atoms with van der Waals surface area (Å²) in [5.41, 5.74) is 2.28. The van der Waals surface area contributed by atoms with Crippen molar-refractivity contribution in [2.45, 2.75) is 6.42 Å². The molecule has 0 saturated heterocycles. The molecule has 0 spiro atoms. The molecule has 0 bridgehead atoms. The van der Waals surface area contributed by atoms with E-state index in [1.165, 1.54) is 6.07 Å². The maximum absolute atomic E-state index is 13.7. The van der Waals surface area contributed by atoms with E-state index in [0.29, 0.717) is 27.3 Å². The molecule has 3 rings (SSSR count). The summed E-state index contributed by atoms with van der Waals surface area (Å²) in [4.78, 5) is 4.49. The molecule has 21 heavy (non-hydrogen) atoms. The van der Waals surface area contributed by atoms with Crippen molar-refractivity contribution in [3.63, 3.8) is 0 Å². The molecular weight excluding hydrogens is 378 g/mol. The molecule has 2 aromatic carbocycles. The first kappa shape index (κ1) is 14.8. The van der Waals surface area contributed by atoms with Crippen LogP contribution in [0.25, 0.3) is 16.7 Å². The summed E-state index contributed by atoms with van der Waals surface area (Å²) in [6.45, 7) is 0. The van der Waals surface area contributed by atoms with Gasteiger partial charge in [-0.25, -0.2) is 9.37 Å². The van der Waals surface area contributed by atoms with E-state index in [1.54, 1.807) is 12.1 Å². The number of nitrogens with zero attached hydrogens (tertiary/aromatic N) is 2. The fourth-order valence-electron chi connectivity index (χ4n) is 2.28. The van der Waals surface area contributed by atoms with Crippen molar-refractivity contribution in [3.8, 4) is 5.69 Å². The molecule has 0 aliphatic heterocycles. The largest absolute Gasteiger partial charge is 0.296 e. The lowest BCUT2D eigenvalue weighted by Crippen LogP contribution is -2.02. The van der Waals surface area contributed by atoms with Crippen LogP contribution in [-0.2, 0) is 6.42 Å². The highest BCUT2D eigenvalue weighted by Gasteiger charge is 2.14. The molecule has 6 heteroatoms. The lowest BCUT2D eigenvalue weighted by atomic mass is 10.2. The van der Waals surface area contributed by atoms with Gasteiger partial charge in [-0.2, -0.15) is 0 Å². The molecule has 2 nitrogen and oxygen atoms in total. The number of benzene rings is 2. The number of hydrogen-bond acceptors (Lipinski definition) is 1. The smallest absolute Gasteiger partial charge is 0.139 e. The Balaban J connectivity index is 2.32. The number of imidazole rings is 1. The lowest BCUT2D eigenvalue weighted by molar-refractivity contribution is 0.623. The first-order valence-corrected chi connectivity index (χ1v) is 7.99. The third-order valence-corrected chi connectivity index (χ3v) is 4.18. The maximum Gasteiger partial charge on any atom is 0.139 e. The molecule has 1 aromatic heterocycles. The summed E-state index contributed by atoms with van der Waals surface area (Å²) in [5, 5.41) is 0.632. The van der Waals surface area contributed by atoms with Gasteiger partial charge in [0.15, 0.2) is 0 Å². The van der Waals surface area contributed by atoms with E-state index in [2.05, 4.69) is 20.9 Å². The predicted octanol–water partition coefficient (Wildman–Crippen LogP) is 5.36. The minimum absolute atomic E-state index is 0.337. The SMILES string of the molecule is Fc1cc2nc(CCCl)n(-c3cccc(Cl)c3)c2cc1Br. The van der Waals surface area contributed by atoms with Gasteiger partial charge in [0.05, 0.1) is 15.5 Å². The fourth-order valence-corrected chi connectivity index (χ4v) is 2.96. The van der Waals surface area contributed by atoms with Gasteiger partial charge in [-0.05, 0) is 40.2 Å². The van der Waals surface area contributed by atoms with Crippen LogP contribution in [0.2, 0.25) is 5.02 Å². The number of aryl methyl sites for hydroxylation is 1. The average molecular weight is 388 g/mol. The molecule has 0 N–H and O–H groups in total. The Kier molecular flexibility index (Phi) is 4.20. The first-order valence-electron chi connectivity index (χ1n) is 6.28. The quantitative estimate of drug-likeness (QED) is 0.553. The Morgan fingerprint density at radius 3 is 2.76 bits per heavy atom. The molecule has 0 saturated carbocycles. The molecule has 0 radical (unpaired) electrons. The van der Waals surface area contributed by atoms with Crippen molar-refractivity contribution in [2.75, 3.05) is 5.88 Å². The minimum Gasteiger partial charge on any atom is -0.296 e. The van der Waals surface area contributed by atoms with Crippen LogP contribution in [0, 0.1) is 5.82 Å². The van der Waals surface area contributed by atoms with E-state index >= 15 is 0 Å². The first-order chi connectivity index (χ1) is 10.1. The molecule has 0 fully saturated rings. The van der Waals surface area contributed by atoms with Crippen LogP contribution >= 0.6 is 39.1 Å². The van der Waals surface area contributed by atoms with Gasteiger partial charge in [-0.3, -0.25) is 4.57 Å². The van der Waals surface area contributed by atoms with Gasteiger partial charge in [0.25, 0.3) is 0 Å². The highest BCUT2D eigenvalue weighted by atomic mass is 79.9.